The maximum Gasteiger partial charge on any atom is 0.123 e. The van der Waals surface area contributed by atoms with Crippen LogP contribution in [0.25, 0.3) is 6.08 Å². The molecule has 0 aliphatic heterocycles. The number of hydrogen-bond acceptors (Lipinski definition) is 2. The lowest BCUT2D eigenvalue weighted by molar-refractivity contribution is 0.281. The summed E-state index contributed by atoms with van der Waals surface area (Å²) >= 11 is 0. The van der Waals surface area contributed by atoms with Gasteiger partial charge in [0.2, 0.25) is 0 Å². The molecule has 1 rings (SSSR count). The van der Waals surface area contributed by atoms with Crippen molar-refractivity contribution in [2.75, 3.05) is 6.61 Å². The zero-order chi connectivity index (χ0) is 9.68. The number of aliphatic hydroxyl groups is 2. The zero-order valence-corrected chi connectivity index (χ0v) is 7.07. The number of halogens is 1. The minimum Gasteiger partial charge on any atom is -0.392 e. The molecular formula is C10H11FO2. The van der Waals surface area contributed by atoms with Gasteiger partial charge in [-0.1, -0.05) is 18.2 Å². The number of rotatable bonds is 3. The molecule has 0 aromatic heterocycles. The zero-order valence-electron chi connectivity index (χ0n) is 7.07. The molecule has 70 valence electrons. The summed E-state index contributed by atoms with van der Waals surface area (Å²) < 4.78 is 12.7. The highest BCUT2D eigenvalue weighted by atomic mass is 19.1. The van der Waals surface area contributed by atoms with E-state index in [0.29, 0.717) is 5.56 Å². The fraction of sp³-hybridized carbons (Fsp3) is 0.200. The maximum absolute atomic E-state index is 12.7. The Bertz CT molecular complexity index is 308. The number of hydrogen-bond donors (Lipinski definition) is 2. The van der Waals surface area contributed by atoms with E-state index in [-0.39, 0.29) is 19.0 Å². The van der Waals surface area contributed by atoms with Gasteiger partial charge < -0.3 is 10.2 Å². The summed E-state index contributed by atoms with van der Waals surface area (Å²) in [4.78, 5) is 0. The second-order valence-electron chi connectivity index (χ2n) is 2.59. The van der Waals surface area contributed by atoms with Gasteiger partial charge in [-0.15, -0.1) is 0 Å². The standard InChI is InChI=1S/C10H11FO2/c11-10-4-3-8(2-1-5-12)9(6-10)7-13/h1-4,6,12-13H,5,7H2. The molecule has 2 N–H and O–H groups in total. The summed E-state index contributed by atoms with van der Waals surface area (Å²) in [5, 5.41) is 17.4. The van der Waals surface area contributed by atoms with Crippen LogP contribution in [0.4, 0.5) is 4.39 Å². The highest BCUT2D eigenvalue weighted by Gasteiger charge is 1.99. The highest BCUT2D eigenvalue weighted by Crippen LogP contribution is 2.12. The van der Waals surface area contributed by atoms with Crippen molar-refractivity contribution in [2.24, 2.45) is 0 Å². The lowest BCUT2D eigenvalue weighted by Crippen LogP contribution is -1.90. The SMILES string of the molecule is OCC=Cc1ccc(F)cc1CO. The first-order valence-corrected chi connectivity index (χ1v) is 3.94. The topological polar surface area (TPSA) is 40.5 Å². The Morgan fingerprint density at radius 2 is 2.08 bits per heavy atom. The molecule has 13 heavy (non-hydrogen) atoms. The maximum atomic E-state index is 12.7. The highest BCUT2D eigenvalue weighted by molar-refractivity contribution is 5.53. The van der Waals surface area contributed by atoms with Crippen LogP contribution in [-0.2, 0) is 6.61 Å². The molecule has 0 heterocycles. The van der Waals surface area contributed by atoms with Gasteiger partial charge in [0.05, 0.1) is 13.2 Å². The molecule has 3 heteroatoms. The van der Waals surface area contributed by atoms with E-state index in [2.05, 4.69) is 0 Å². The molecule has 0 fully saturated rings. The van der Waals surface area contributed by atoms with E-state index in [0.717, 1.165) is 5.56 Å². The average Bonchev–Trinajstić information content (AvgIpc) is 2.16. The largest absolute Gasteiger partial charge is 0.392 e. The Kier molecular flexibility index (Phi) is 3.61. The Labute approximate surface area is 76.0 Å². The van der Waals surface area contributed by atoms with Crippen LogP contribution in [-0.4, -0.2) is 16.8 Å². The molecule has 0 unspecified atom stereocenters. The van der Waals surface area contributed by atoms with E-state index < -0.39 is 0 Å². The minimum atomic E-state index is -0.370. The molecule has 0 amide bonds. The second kappa shape index (κ2) is 4.74. The Morgan fingerprint density at radius 3 is 2.69 bits per heavy atom. The molecule has 0 atom stereocenters. The molecule has 0 aliphatic carbocycles. The van der Waals surface area contributed by atoms with Crippen molar-refractivity contribution < 1.29 is 14.6 Å². The molecular weight excluding hydrogens is 171 g/mol. The third kappa shape index (κ3) is 2.65. The van der Waals surface area contributed by atoms with Gasteiger partial charge in [-0.05, 0) is 23.3 Å². The molecule has 1 aromatic carbocycles. The summed E-state index contributed by atoms with van der Waals surface area (Å²) in [5.74, 6) is -0.370. The average molecular weight is 182 g/mol. The summed E-state index contributed by atoms with van der Waals surface area (Å²) in [5.41, 5.74) is 1.24. The van der Waals surface area contributed by atoms with Gasteiger partial charge in [0.25, 0.3) is 0 Å². The van der Waals surface area contributed by atoms with Gasteiger partial charge >= 0.3 is 0 Å². The van der Waals surface area contributed by atoms with Crippen LogP contribution in [0.5, 0.6) is 0 Å². The van der Waals surface area contributed by atoms with E-state index >= 15 is 0 Å². The number of benzene rings is 1. The van der Waals surface area contributed by atoms with Crippen molar-refractivity contribution >= 4 is 6.08 Å². The summed E-state index contributed by atoms with van der Waals surface area (Å²) in [6.45, 7) is -0.273. The van der Waals surface area contributed by atoms with Crippen LogP contribution in [0.3, 0.4) is 0 Å². The van der Waals surface area contributed by atoms with Gasteiger partial charge in [-0.3, -0.25) is 0 Å². The molecule has 0 aliphatic rings. The van der Waals surface area contributed by atoms with Crippen LogP contribution in [0.15, 0.2) is 24.3 Å². The Balaban J connectivity index is 2.99. The van der Waals surface area contributed by atoms with Crippen molar-refractivity contribution in [3.8, 4) is 0 Å². The van der Waals surface area contributed by atoms with E-state index in [9.17, 15) is 4.39 Å². The van der Waals surface area contributed by atoms with Gasteiger partial charge in [-0.25, -0.2) is 4.39 Å². The first-order chi connectivity index (χ1) is 6.27. The van der Waals surface area contributed by atoms with E-state index in [1.165, 1.54) is 18.2 Å². The van der Waals surface area contributed by atoms with Crippen LogP contribution in [0, 0.1) is 5.82 Å². The van der Waals surface area contributed by atoms with Crippen molar-refractivity contribution in [3.63, 3.8) is 0 Å². The van der Waals surface area contributed by atoms with Gasteiger partial charge in [-0.2, -0.15) is 0 Å². The molecule has 2 nitrogen and oxygen atoms in total. The van der Waals surface area contributed by atoms with Gasteiger partial charge in [0.15, 0.2) is 0 Å². The monoisotopic (exact) mass is 182 g/mol. The van der Waals surface area contributed by atoms with Crippen molar-refractivity contribution in [1.29, 1.82) is 0 Å². The van der Waals surface area contributed by atoms with E-state index in [1.807, 2.05) is 0 Å². The summed E-state index contributed by atoms with van der Waals surface area (Å²) in [6.07, 6.45) is 3.18. The van der Waals surface area contributed by atoms with Crippen molar-refractivity contribution in [2.45, 2.75) is 6.61 Å². The molecule has 0 radical (unpaired) electrons. The van der Waals surface area contributed by atoms with E-state index in [1.54, 1.807) is 12.1 Å². The third-order valence-electron chi connectivity index (χ3n) is 1.68. The first kappa shape index (κ1) is 9.89. The lowest BCUT2D eigenvalue weighted by Gasteiger charge is -2.01. The van der Waals surface area contributed by atoms with Crippen LogP contribution < -0.4 is 0 Å². The van der Waals surface area contributed by atoms with Crippen molar-refractivity contribution in [1.82, 2.24) is 0 Å². The smallest absolute Gasteiger partial charge is 0.123 e. The Hall–Kier alpha value is -1.19. The number of aliphatic hydroxyl groups excluding tert-OH is 2. The quantitative estimate of drug-likeness (QED) is 0.740. The fourth-order valence-corrected chi connectivity index (χ4v) is 1.05. The third-order valence-corrected chi connectivity index (χ3v) is 1.68. The summed E-state index contributed by atoms with van der Waals surface area (Å²) in [6, 6.07) is 4.15. The predicted molar refractivity (Wildman–Crippen MR) is 48.4 cm³/mol. The first-order valence-electron chi connectivity index (χ1n) is 3.94. The van der Waals surface area contributed by atoms with Gasteiger partial charge in [0, 0.05) is 0 Å². The van der Waals surface area contributed by atoms with Crippen LogP contribution in [0.2, 0.25) is 0 Å². The molecule has 0 spiro atoms. The fourth-order valence-electron chi connectivity index (χ4n) is 1.05. The predicted octanol–water partition coefficient (Wildman–Crippen LogP) is 1.32. The minimum absolute atomic E-state index is 0.0672. The van der Waals surface area contributed by atoms with Crippen molar-refractivity contribution in [3.05, 3.63) is 41.2 Å². The Morgan fingerprint density at radius 1 is 1.31 bits per heavy atom. The van der Waals surface area contributed by atoms with Crippen LogP contribution in [0.1, 0.15) is 11.1 Å². The molecule has 1 aromatic rings. The lowest BCUT2D eigenvalue weighted by atomic mass is 10.1. The molecule has 0 saturated carbocycles. The molecule has 0 bridgehead atoms. The van der Waals surface area contributed by atoms with Gasteiger partial charge in [0.1, 0.15) is 5.82 Å². The summed E-state index contributed by atoms with van der Waals surface area (Å²) in [7, 11) is 0. The molecule has 0 saturated heterocycles. The van der Waals surface area contributed by atoms with E-state index in [4.69, 9.17) is 10.2 Å². The second-order valence-corrected chi connectivity index (χ2v) is 2.59. The van der Waals surface area contributed by atoms with Crippen LogP contribution >= 0.6 is 0 Å². The normalized spacial score (nSPS) is 11.0.